The van der Waals surface area contributed by atoms with Gasteiger partial charge in [0.1, 0.15) is 0 Å². The Hall–Kier alpha value is -2.60. The van der Waals surface area contributed by atoms with Crippen molar-refractivity contribution < 1.29 is 4.42 Å². The van der Waals surface area contributed by atoms with Crippen molar-refractivity contribution in [2.45, 2.75) is 38.3 Å². The lowest BCUT2D eigenvalue weighted by molar-refractivity contribution is 0.404. The van der Waals surface area contributed by atoms with E-state index in [1.165, 1.54) is 17.3 Å². The molecule has 1 heterocycles. The van der Waals surface area contributed by atoms with Gasteiger partial charge >= 0.3 is 0 Å². The third-order valence-corrected chi connectivity index (χ3v) is 7.09. The van der Waals surface area contributed by atoms with E-state index in [1.54, 1.807) is 12.1 Å². The van der Waals surface area contributed by atoms with Crippen LogP contribution in [0.25, 0.3) is 0 Å². The van der Waals surface area contributed by atoms with Crippen molar-refractivity contribution in [3.05, 3.63) is 105 Å². The van der Waals surface area contributed by atoms with Crippen molar-refractivity contribution in [3.8, 4) is 0 Å². The summed E-state index contributed by atoms with van der Waals surface area (Å²) < 4.78 is 6.01. The van der Waals surface area contributed by atoms with E-state index in [0.29, 0.717) is 32.8 Å². The number of rotatable bonds is 9. The van der Waals surface area contributed by atoms with Gasteiger partial charge in [-0.2, -0.15) is 0 Å². The molecule has 1 atom stereocenters. The van der Waals surface area contributed by atoms with Gasteiger partial charge < -0.3 is 4.42 Å². The number of thioether (sulfide) groups is 1. The van der Waals surface area contributed by atoms with Gasteiger partial charge in [0, 0.05) is 5.75 Å². The molecule has 4 rings (SSSR count). The Labute approximate surface area is 220 Å². The zero-order valence-electron chi connectivity index (χ0n) is 19.9. The van der Waals surface area contributed by atoms with Crippen LogP contribution in [-0.4, -0.2) is 21.7 Å². The molecule has 35 heavy (non-hydrogen) atoms. The van der Waals surface area contributed by atoms with Crippen LogP contribution in [0.15, 0.2) is 87.4 Å². The lowest BCUT2D eigenvalue weighted by Crippen LogP contribution is -2.04. The first-order valence-corrected chi connectivity index (χ1v) is 13.3. The highest BCUT2D eigenvalue weighted by atomic mass is 35.5. The van der Waals surface area contributed by atoms with E-state index in [9.17, 15) is 0 Å². The van der Waals surface area contributed by atoms with E-state index in [-0.39, 0.29) is 5.92 Å². The molecule has 0 amide bonds. The SMILES string of the molecule is CC(C)Cc1ccc(C(C)c2nnc(SCC(=Nc3ccc(Cl)c(Cl)c3)c3ccccc3)o2)cc1. The highest BCUT2D eigenvalue weighted by Gasteiger charge is 2.17. The average Bonchev–Trinajstić information content (AvgIpc) is 3.33. The summed E-state index contributed by atoms with van der Waals surface area (Å²) in [5.74, 6) is 1.81. The minimum atomic E-state index is 0.0171. The normalized spacial score (nSPS) is 12.8. The Kier molecular flexibility index (Phi) is 8.66. The maximum absolute atomic E-state index is 6.19. The van der Waals surface area contributed by atoms with E-state index in [4.69, 9.17) is 32.6 Å². The van der Waals surface area contributed by atoms with Crippen molar-refractivity contribution in [2.24, 2.45) is 10.9 Å². The summed E-state index contributed by atoms with van der Waals surface area (Å²) in [6.07, 6.45) is 1.07. The Morgan fingerprint density at radius 1 is 0.914 bits per heavy atom. The van der Waals surface area contributed by atoms with Crippen LogP contribution in [0.1, 0.15) is 49.3 Å². The van der Waals surface area contributed by atoms with E-state index in [2.05, 4.69) is 55.2 Å². The minimum Gasteiger partial charge on any atom is -0.415 e. The number of hydrogen-bond acceptors (Lipinski definition) is 5. The Morgan fingerprint density at radius 3 is 2.34 bits per heavy atom. The molecule has 4 nitrogen and oxygen atoms in total. The number of benzene rings is 3. The molecule has 7 heteroatoms. The fraction of sp³-hybridized carbons (Fsp3) is 0.250. The highest BCUT2D eigenvalue weighted by Crippen LogP contribution is 2.29. The second-order valence-corrected chi connectivity index (χ2v) is 10.5. The van der Waals surface area contributed by atoms with Crippen LogP contribution in [0.4, 0.5) is 5.69 Å². The molecule has 1 aromatic heterocycles. The van der Waals surface area contributed by atoms with Crippen molar-refractivity contribution >= 4 is 46.4 Å². The maximum atomic E-state index is 6.19. The minimum absolute atomic E-state index is 0.0171. The van der Waals surface area contributed by atoms with Crippen molar-refractivity contribution in [1.82, 2.24) is 10.2 Å². The fourth-order valence-corrected chi connectivity index (χ4v) is 4.69. The monoisotopic (exact) mass is 523 g/mol. The molecule has 0 fully saturated rings. The van der Waals surface area contributed by atoms with Crippen molar-refractivity contribution in [1.29, 1.82) is 0 Å². The summed E-state index contributed by atoms with van der Waals surface area (Å²) in [6, 6.07) is 24.0. The Bertz CT molecular complexity index is 1290. The lowest BCUT2D eigenvalue weighted by atomic mass is 9.97. The number of aliphatic imine (C=N–C) groups is 1. The summed E-state index contributed by atoms with van der Waals surface area (Å²) in [6.45, 7) is 6.54. The first-order valence-electron chi connectivity index (χ1n) is 11.5. The fourth-order valence-electron chi connectivity index (χ4n) is 3.66. The largest absolute Gasteiger partial charge is 0.415 e. The maximum Gasteiger partial charge on any atom is 0.276 e. The lowest BCUT2D eigenvalue weighted by Gasteiger charge is -2.10. The molecule has 180 valence electrons. The number of aromatic nitrogens is 2. The topological polar surface area (TPSA) is 51.3 Å². The van der Waals surface area contributed by atoms with Gasteiger partial charge in [0.25, 0.3) is 5.22 Å². The summed E-state index contributed by atoms with van der Waals surface area (Å²) in [4.78, 5) is 4.83. The van der Waals surface area contributed by atoms with Gasteiger partial charge in [0.05, 0.1) is 27.4 Å². The second kappa shape index (κ2) is 11.9. The molecule has 0 saturated carbocycles. The Balaban J connectivity index is 1.48. The zero-order valence-corrected chi connectivity index (χ0v) is 22.2. The van der Waals surface area contributed by atoms with E-state index in [1.807, 2.05) is 36.4 Å². The summed E-state index contributed by atoms with van der Waals surface area (Å²) in [5, 5.41) is 10.1. The first kappa shape index (κ1) is 25.5. The molecule has 0 spiro atoms. The summed E-state index contributed by atoms with van der Waals surface area (Å²) >= 11 is 13.7. The molecule has 3 aromatic carbocycles. The summed E-state index contributed by atoms with van der Waals surface area (Å²) in [5.41, 5.74) is 5.12. The van der Waals surface area contributed by atoms with Crippen LogP contribution in [0.2, 0.25) is 10.0 Å². The van der Waals surface area contributed by atoms with Gasteiger partial charge in [0.2, 0.25) is 5.89 Å². The molecular weight excluding hydrogens is 497 g/mol. The molecule has 0 N–H and O–H groups in total. The molecule has 0 saturated heterocycles. The molecule has 1 unspecified atom stereocenters. The zero-order chi connectivity index (χ0) is 24.8. The molecule has 0 aliphatic rings. The van der Waals surface area contributed by atoms with Gasteiger partial charge in [-0.3, -0.25) is 4.99 Å². The van der Waals surface area contributed by atoms with Crippen LogP contribution in [0, 0.1) is 5.92 Å². The smallest absolute Gasteiger partial charge is 0.276 e. The van der Waals surface area contributed by atoms with E-state index in [0.717, 1.165) is 28.9 Å². The quantitative estimate of drug-likeness (QED) is 0.162. The Morgan fingerprint density at radius 2 is 1.66 bits per heavy atom. The van der Waals surface area contributed by atoms with Gasteiger partial charge in [-0.15, -0.1) is 10.2 Å². The van der Waals surface area contributed by atoms with Gasteiger partial charge in [-0.1, -0.05) is 103 Å². The van der Waals surface area contributed by atoms with Crippen molar-refractivity contribution in [2.75, 3.05) is 5.75 Å². The molecule has 0 bridgehead atoms. The average molecular weight is 525 g/mol. The van der Waals surface area contributed by atoms with Gasteiger partial charge in [0.15, 0.2) is 0 Å². The number of halogens is 2. The molecule has 0 aliphatic heterocycles. The molecule has 0 aliphatic carbocycles. The highest BCUT2D eigenvalue weighted by molar-refractivity contribution is 7.99. The van der Waals surface area contributed by atoms with Gasteiger partial charge in [-0.25, -0.2) is 0 Å². The molecular formula is C28H27Cl2N3OS. The number of hydrogen-bond donors (Lipinski definition) is 0. The standard InChI is InChI=1S/C28H27Cl2N3OS/c1-18(2)15-20-9-11-21(12-10-20)19(3)27-32-33-28(34-27)35-17-26(22-7-5-4-6-8-22)31-23-13-14-24(29)25(30)16-23/h4-14,16,18-19H,15,17H2,1-3H3. The van der Waals surface area contributed by atoms with Crippen LogP contribution in [0.3, 0.4) is 0 Å². The van der Waals surface area contributed by atoms with E-state index >= 15 is 0 Å². The number of nitrogens with zero attached hydrogens (tertiary/aromatic N) is 3. The van der Waals surface area contributed by atoms with E-state index < -0.39 is 0 Å². The van der Waals surface area contributed by atoms with Gasteiger partial charge in [-0.05, 0) is 54.2 Å². The third-order valence-electron chi connectivity index (χ3n) is 5.52. The van der Waals surface area contributed by atoms with Crippen LogP contribution < -0.4 is 0 Å². The second-order valence-electron chi connectivity index (χ2n) is 8.78. The third kappa shape index (κ3) is 6.97. The van der Waals surface area contributed by atoms with Crippen molar-refractivity contribution in [3.63, 3.8) is 0 Å². The van der Waals surface area contributed by atoms with Crippen LogP contribution in [-0.2, 0) is 6.42 Å². The summed E-state index contributed by atoms with van der Waals surface area (Å²) in [7, 11) is 0. The predicted octanol–water partition coefficient (Wildman–Crippen LogP) is 8.64. The first-order chi connectivity index (χ1) is 16.9. The van der Waals surface area contributed by atoms with Crippen LogP contribution >= 0.6 is 35.0 Å². The molecule has 0 radical (unpaired) electrons. The molecule has 4 aromatic rings. The predicted molar refractivity (Wildman–Crippen MR) is 147 cm³/mol. The van der Waals surface area contributed by atoms with Crippen LogP contribution in [0.5, 0.6) is 0 Å².